The molecule has 0 aromatic heterocycles. The maximum atomic E-state index is 12.9. The third kappa shape index (κ3) is 4.27. The van der Waals surface area contributed by atoms with Crippen molar-refractivity contribution in [1.82, 2.24) is 0 Å². The van der Waals surface area contributed by atoms with Crippen LogP contribution in [0.5, 0.6) is 5.75 Å². The largest absolute Gasteiger partial charge is 0.495 e. The number of nitrogens with zero attached hydrogens (tertiary/aromatic N) is 1. The average molecular weight is 392 g/mol. The lowest BCUT2D eigenvalue weighted by Gasteiger charge is -2.28. The van der Waals surface area contributed by atoms with E-state index in [1.807, 2.05) is 0 Å². The van der Waals surface area contributed by atoms with Crippen LogP contribution in [0.4, 0.5) is 24.5 Å². The lowest BCUT2D eigenvalue weighted by Crippen LogP contribution is -2.35. The molecule has 1 aliphatic rings. The summed E-state index contributed by atoms with van der Waals surface area (Å²) in [5.74, 6) is -0.231. The second kappa shape index (κ2) is 7.92. The standard InChI is InChI=1S/C20H19F3N2O3/c1-28-17-9-8-15(12-16(17)25-10-3-2-7-18(25)26)24-19(27)13-5-4-6-14(11-13)20(21,22)23/h4-6,8-9,11-12H,2-3,7,10H2,1H3,(H,24,27). The lowest BCUT2D eigenvalue weighted by molar-refractivity contribution is -0.137. The average Bonchev–Trinajstić information content (AvgIpc) is 2.68. The molecule has 0 saturated carbocycles. The summed E-state index contributed by atoms with van der Waals surface area (Å²) in [6.07, 6.45) is -2.42. The second-order valence-electron chi connectivity index (χ2n) is 6.42. The van der Waals surface area contributed by atoms with Crippen LogP contribution >= 0.6 is 0 Å². The van der Waals surface area contributed by atoms with Gasteiger partial charge in [-0.3, -0.25) is 9.59 Å². The van der Waals surface area contributed by atoms with Gasteiger partial charge in [-0.25, -0.2) is 0 Å². The summed E-state index contributed by atoms with van der Waals surface area (Å²) >= 11 is 0. The van der Waals surface area contributed by atoms with Crippen molar-refractivity contribution in [2.75, 3.05) is 23.9 Å². The quantitative estimate of drug-likeness (QED) is 0.835. The van der Waals surface area contributed by atoms with Crippen LogP contribution in [0, 0.1) is 0 Å². The maximum Gasteiger partial charge on any atom is 0.416 e. The van der Waals surface area contributed by atoms with E-state index in [0.717, 1.165) is 25.0 Å². The van der Waals surface area contributed by atoms with E-state index in [1.54, 1.807) is 23.1 Å². The van der Waals surface area contributed by atoms with Crippen LogP contribution in [-0.2, 0) is 11.0 Å². The molecule has 28 heavy (non-hydrogen) atoms. The molecule has 0 unspecified atom stereocenters. The minimum Gasteiger partial charge on any atom is -0.495 e. The normalized spacial score (nSPS) is 14.7. The summed E-state index contributed by atoms with van der Waals surface area (Å²) in [4.78, 5) is 26.2. The van der Waals surface area contributed by atoms with Gasteiger partial charge in [-0.1, -0.05) is 6.07 Å². The number of nitrogens with one attached hydrogen (secondary N) is 1. The van der Waals surface area contributed by atoms with Crippen molar-refractivity contribution in [3.05, 3.63) is 53.6 Å². The minimum atomic E-state index is -4.53. The first-order chi connectivity index (χ1) is 13.3. The van der Waals surface area contributed by atoms with Gasteiger partial charge in [-0.2, -0.15) is 13.2 Å². The number of anilines is 2. The molecule has 0 bridgehead atoms. The van der Waals surface area contributed by atoms with Crippen LogP contribution < -0.4 is 15.0 Å². The Balaban J connectivity index is 1.85. The van der Waals surface area contributed by atoms with Crippen molar-refractivity contribution in [1.29, 1.82) is 0 Å². The Kier molecular flexibility index (Phi) is 5.58. The number of halogens is 3. The number of carbonyl (C=O) groups excluding carboxylic acids is 2. The molecule has 2 amide bonds. The van der Waals surface area contributed by atoms with Gasteiger partial charge in [0.15, 0.2) is 0 Å². The van der Waals surface area contributed by atoms with Gasteiger partial charge in [0.25, 0.3) is 5.91 Å². The van der Waals surface area contributed by atoms with E-state index < -0.39 is 17.6 Å². The summed E-state index contributed by atoms with van der Waals surface area (Å²) < 4.78 is 43.9. The molecule has 1 heterocycles. The number of amides is 2. The fourth-order valence-electron chi connectivity index (χ4n) is 3.08. The third-order valence-corrected chi connectivity index (χ3v) is 4.50. The van der Waals surface area contributed by atoms with E-state index >= 15 is 0 Å². The SMILES string of the molecule is COc1ccc(NC(=O)c2cccc(C(F)(F)F)c2)cc1N1CCCCC1=O. The highest BCUT2D eigenvalue weighted by Crippen LogP contribution is 2.34. The number of rotatable bonds is 4. The molecule has 0 spiro atoms. The van der Waals surface area contributed by atoms with Crippen molar-refractivity contribution in [3.8, 4) is 5.75 Å². The van der Waals surface area contributed by atoms with Crippen LogP contribution in [0.2, 0.25) is 0 Å². The molecule has 0 atom stereocenters. The smallest absolute Gasteiger partial charge is 0.416 e. The van der Waals surface area contributed by atoms with Gasteiger partial charge in [-0.05, 0) is 49.2 Å². The summed E-state index contributed by atoms with van der Waals surface area (Å²) in [5, 5.41) is 2.58. The molecule has 1 aliphatic heterocycles. The number of methoxy groups -OCH3 is 1. The molecule has 2 aromatic rings. The van der Waals surface area contributed by atoms with Crippen molar-refractivity contribution in [3.63, 3.8) is 0 Å². The van der Waals surface area contributed by atoms with Gasteiger partial charge < -0.3 is 15.0 Å². The second-order valence-corrected chi connectivity index (χ2v) is 6.42. The van der Waals surface area contributed by atoms with E-state index in [0.29, 0.717) is 30.1 Å². The van der Waals surface area contributed by atoms with Crippen LogP contribution in [0.3, 0.4) is 0 Å². The zero-order valence-electron chi connectivity index (χ0n) is 15.2. The van der Waals surface area contributed by atoms with Gasteiger partial charge in [0, 0.05) is 24.2 Å². The summed E-state index contributed by atoms with van der Waals surface area (Å²) in [6.45, 7) is 0.542. The summed E-state index contributed by atoms with van der Waals surface area (Å²) in [5.41, 5.74) is -0.124. The van der Waals surface area contributed by atoms with Crippen LogP contribution in [0.15, 0.2) is 42.5 Å². The van der Waals surface area contributed by atoms with Gasteiger partial charge in [0.1, 0.15) is 5.75 Å². The molecular weight excluding hydrogens is 373 g/mol. The molecule has 0 aliphatic carbocycles. The number of carbonyl (C=O) groups is 2. The molecular formula is C20H19F3N2O3. The summed E-state index contributed by atoms with van der Waals surface area (Å²) in [7, 11) is 1.48. The van der Waals surface area contributed by atoms with Crippen molar-refractivity contribution >= 4 is 23.2 Å². The zero-order valence-corrected chi connectivity index (χ0v) is 15.2. The van der Waals surface area contributed by atoms with Crippen LogP contribution in [0.25, 0.3) is 0 Å². The molecule has 8 heteroatoms. The van der Waals surface area contributed by atoms with Gasteiger partial charge in [0.2, 0.25) is 5.91 Å². The Bertz CT molecular complexity index is 897. The van der Waals surface area contributed by atoms with E-state index in [-0.39, 0.29) is 11.5 Å². The Morgan fingerprint density at radius 3 is 2.61 bits per heavy atom. The molecule has 148 valence electrons. The van der Waals surface area contributed by atoms with Crippen molar-refractivity contribution < 1.29 is 27.5 Å². The number of benzene rings is 2. The Morgan fingerprint density at radius 2 is 1.93 bits per heavy atom. The van der Waals surface area contributed by atoms with E-state index in [9.17, 15) is 22.8 Å². The highest BCUT2D eigenvalue weighted by atomic mass is 19.4. The number of hydrogen-bond donors (Lipinski definition) is 1. The van der Waals surface area contributed by atoms with Gasteiger partial charge >= 0.3 is 6.18 Å². The molecule has 3 rings (SSSR count). The lowest BCUT2D eigenvalue weighted by atomic mass is 10.1. The first-order valence-electron chi connectivity index (χ1n) is 8.76. The zero-order chi connectivity index (χ0) is 20.3. The molecule has 1 fully saturated rings. The molecule has 5 nitrogen and oxygen atoms in total. The molecule has 2 aromatic carbocycles. The number of piperidine rings is 1. The molecule has 1 saturated heterocycles. The monoisotopic (exact) mass is 392 g/mol. The fourth-order valence-corrected chi connectivity index (χ4v) is 3.08. The maximum absolute atomic E-state index is 12.9. The Labute approximate surface area is 160 Å². The fraction of sp³-hybridized carbons (Fsp3) is 0.300. The third-order valence-electron chi connectivity index (χ3n) is 4.50. The first kappa shape index (κ1) is 19.7. The molecule has 1 N–H and O–H groups in total. The van der Waals surface area contributed by atoms with E-state index in [2.05, 4.69) is 5.32 Å². The highest BCUT2D eigenvalue weighted by molar-refractivity contribution is 6.05. The number of alkyl halides is 3. The Hall–Kier alpha value is -3.03. The number of hydrogen-bond acceptors (Lipinski definition) is 3. The van der Waals surface area contributed by atoms with Gasteiger partial charge in [0.05, 0.1) is 18.4 Å². The predicted octanol–water partition coefficient (Wildman–Crippen LogP) is 4.48. The number of ether oxygens (including phenoxy) is 1. The Morgan fingerprint density at radius 1 is 1.14 bits per heavy atom. The predicted molar refractivity (Wildman–Crippen MR) is 98.6 cm³/mol. The van der Waals surface area contributed by atoms with Crippen LogP contribution in [0.1, 0.15) is 35.2 Å². The van der Waals surface area contributed by atoms with Crippen LogP contribution in [-0.4, -0.2) is 25.5 Å². The molecule has 0 radical (unpaired) electrons. The first-order valence-corrected chi connectivity index (χ1v) is 8.76. The highest BCUT2D eigenvalue weighted by Gasteiger charge is 2.31. The van der Waals surface area contributed by atoms with E-state index in [4.69, 9.17) is 4.74 Å². The topological polar surface area (TPSA) is 58.6 Å². The van der Waals surface area contributed by atoms with Crippen molar-refractivity contribution in [2.45, 2.75) is 25.4 Å². The summed E-state index contributed by atoms with van der Waals surface area (Å²) in [6, 6.07) is 8.97. The van der Waals surface area contributed by atoms with Crippen molar-refractivity contribution in [2.24, 2.45) is 0 Å². The van der Waals surface area contributed by atoms with E-state index in [1.165, 1.54) is 19.2 Å². The minimum absolute atomic E-state index is 0.0362. The van der Waals surface area contributed by atoms with Gasteiger partial charge in [-0.15, -0.1) is 0 Å².